The Balaban J connectivity index is 0.974. The molecule has 2 saturated heterocycles. The lowest BCUT2D eigenvalue weighted by atomic mass is 9.77. The van der Waals surface area contributed by atoms with E-state index in [2.05, 4.69) is 128 Å². The molecule has 0 amide bonds. The van der Waals surface area contributed by atoms with Crippen LogP contribution in [0.3, 0.4) is 0 Å². The maximum atomic E-state index is 10.7. The zero-order valence-electron chi connectivity index (χ0n) is 34.9. The van der Waals surface area contributed by atoms with Crippen LogP contribution in [-0.4, -0.2) is 62.1 Å². The number of benzene rings is 4. The van der Waals surface area contributed by atoms with Gasteiger partial charge in [-0.3, -0.25) is 0 Å². The topological polar surface area (TPSA) is 82.2 Å². The van der Waals surface area contributed by atoms with E-state index in [0.29, 0.717) is 24.2 Å². The Hall–Kier alpha value is -3.88. The van der Waals surface area contributed by atoms with Gasteiger partial charge in [0.25, 0.3) is 0 Å². The van der Waals surface area contributed by atoms with Crippen molar-refractivity contribution in [1.82, 2.24) is 0 Å². The SMILES string of the molecule is CCC(CC)(CC1CO1)Oc1ccc(C(C)(C)c2ccc(OCC(O)COc3ccc(C(C)(C)c4ccc(C(CC)(CC)OCC5CO5)cc4)cc3)cc2)cc1. The van der Waals surface area contributed by atoms with Crippen molar-refractivity contribution in [3.63, 3.8) is 0 Å². The van der Waals surface area contributed by atoms with Gasteiger partial charge < -0.3 is 33.5 Å². The highest BCUT2D eigenvalue weighted by atomic mass is 16.6. The molecule has 3 unspecified atom stereocenters. The van der Waals surface area contributed by atoms with Gasteiger partial charge >= 0.3 is 0 Å². The van der Waals surface area contributed by atoms with E-state index in [4.69, 9.17) is 28.4 Å². The third kappa shape index (κ3) is 9.97. The summed E-state index contributed by atoms with van der Waals surface area (Å²) < 4.78 is 35.8. The molecule has 2 aliphatic rings. The summed E-state index contributed by atoms with van der Waals surface area (Å²) in [4.78, 5) is 0. The van der Waals surface area contributed by atoms with Gasteiger partial charge in [-0.05, 0) is 89.9 Å². The van der Waals surface area contributed by atoms with Gasteiger partial charge in [0, 0.05) is 17.3 Å². The van der Waals surface area contributed by atoms with E-state index in [1.807, 2.05) is 24.3 Å². The molecule has 302 valence electrons. The van der Waals surface area contributed by atoms with E-state index < -0.39 is 6.10 Å². The Morgan fingerprint density at radius 3 is 1.30 bits per heavy atom. The third-order valence-corrected chi connectivity index (χ3v) is 12.5. The van der Waals surface area contributed by atoms with Crippen molar-refractivity contribution in [3.05, 3.63) is 125 Å². The van der Waals surface area contributed by atoms with Gasteiger partial charge in [0.15, 0.2) is 0 Å². The van der Waals surface area contributed by atoms with Gasteiger partial charge in [0.2, 0.25) is 0 Å². The molecule has 7 heteroatoms. The minimum Gasteiger partial charge on any atom is -0.491 e. The van der Waals surface area contributed by atoms with Crippen molar-refractivity contribution in [1.29, 1.82) is 0 Å². The van der Waals surface area contributed by atoms with Crippen LogP contribution in [0.25, 0.3) is 0 Å². The summed E-state index contributed by atoms with van der Waals surface area (Å²) in [5, 5.41) is 10.7. The second-order valence-electron chi connectivity index (χ2n) is 16.8. The van der Waals surface area contributed by atoms with Crippen molar-refractivity contribution in [2.75, 3.05) is 33.0 Å². The molecule has 2 fully saturated rings. The number of epoxide rings is 2. The molecule has 0 aromatic heterocycles. The first-order valence-electron chi connectivity index (χ1n) is 20.8. The lowest BCUT2D eigenvalue weighted by Gasteiger charge is -2.33. The van der Waals surface area contributed by atoms with Crippen LogP contribution in [0.2, 0.25) is 0 Å². The smallest absolute Gasteiger partial charge is 0.122 e. The summed E-state index contributed by atoms with van der Waals surface area (Å²) in [6.07, 6.45) is 4.45. The zero-order chi connectivity index (χ0) is 40.0. The predicted octanol–water partition coefficient (Wildman–Crippen LogP) is 10.3. The summed E-state index contributed by atoms with van der Waals surface area (Å²) >= 11 is 0. The van der Waals surface area contributed by atoms with E-state index in [-0.39, 0.29) is 41.3 Å². The van der Waals surface area contributed by atoms with Gasteiger partial charge in [-0.1, -0.05) is 116 Å². The second kappa shape index (κ2) is 17.7. The molecule has 56 heavy (non-hydrogen) atoms. The van der Waals surface area contributed by atoms with Gasteiger partial charge in [-0.2, -0.15) is 0 Å². The summed E-state index contributed by atoms with van der Waals surface area (Å²) in [5.41, 5.74) is 5.10. The van der Waals surface area contributed by atoms with Crippen LogP contribution in [0.1, 0.15) is 115 Å². The molecule has 0 aliphatic carbocycles. The van der Waals surface area contributed by atoms with Crippen LogP contribution in [-0.2, 0) is 30.6 Å². The summed E-state index contributed by atoms with van der Waals surface area (Å²) in [5.74, 6) is 2.31. The van der Waals surface area contributed by atoms with Crippen LogP contribution in [0.5, 0.6) is 17.2 Å². The van der Waals surface area contributed by atoms with Crippen LogP contribution in [0.4, 0.5) is 0 Å². The van der Waals surface area contributed by atoms with Crippen LogP contribution in [0, 0.1) is 0 Å². The number of aliphatic hydroxyl groups excluding tert-OH is 1. The molecule has 3 atom stereocenters. The first-order chi connectivity index (χ1) is 26.8. The Bertz CT molecular complexity index is 1800. The normalized spacial score (nSPS) is 17.7. The number of rotatable bonds is 22. The first-order valence-corrected chi connectivity index (χ1v) is 20.8. The molecule has 7 nitrogen and oxygen atoms in total. The van der Waals surface area contributed by atoms with Gasteiger partial charge in [0.05, 0.1) is 31.5 Å². The first kappa shape index (κ1) is 41.7. The third-order valence-electron chi connectivity index (χ3n) is 12.5. The monoisotopic (exact) mass is 764 g/mol. The van der Waals surface area contributed by atoms with E-state index in [0.717, 1.165) is 51.1 Å². The van der Waals surface area contributed by atoms with Crippen molar-refractivity contribution in [3.8, 4) is 17.2 Å². The predicted molar refractivity (Wildman–Crippen MR) is 223 cm³/mol. The van der Waals surface area contributed by atoms with Crippen LogP contribution in [0.15, 0.2) is 97.1 Å². The van der Waals surface area contributed by atoms with E-state index in [1.165, 1.54) is 27.8 Å². The fourth-order valence-electron chi connectivity index (χ4n) is 7.77. The highest BCUT2D eigenvalue weighted by Crippen LogP contribution is 2.39. The number of hydrogen-bond acceptors (Lipinski definition) is 7. The molecule has 4 aromatic rings. The molecular weight excluding hydrogens is 701 g/mol. The molecule has 6 rings (SSSR count). The van der Waals surface area contributed by atoms with Crippen molar-refractivity contribution < 1.29 is 33.5 Å². The van der Waals surface area contributed by atoms with Gasteiger partial charge in [-0.15, -0.1) is 0 Å². The van der Waals surface area contributed by atoms with Gasteiger partial charge in [-0.25, -0.2) is 0 Å². The molecular formula is C49H64O7. The van der Waals surface area contributed by atoms with Crippen LogP contribution < -0.4 is 14.2 Å². The molecule has 0 saturated carbocycles. The fraction of sp³-hybridized carbons (Fsp3) is 0.510. The number of ether oxygens (including phenoxy) is 6. The highest BCUT2D eigenvalue weighted by Gasteiger charge is 2.38. The van der Waals surface area contributed by atoms with Gasteiger partial charge in [0.1, 0.15) is 48.3 Å². The Kier molecular flexibility index (Phi) is 13.2. The molecule has 0 spiro atoms. The van der Waals surface area contributed by atoms with Crippen molar-refractivity contribution in [2.24, 2.45) is 0 Å². The molecule has 2 aliphatic heterocycles. The van der Waals surface area contributed by atoms with E-state index >= 15 is 0 Å². The lowest BCUT2D eigenvalue weighted by Crippen LogP contribution is -2.36. The van der Waals surface area contributed by atoms with Crippen molar-refractivity contribution >= 4 is 0 Å². The summed E-state index contributed by atoms with van der Waals surface area (Å²) in [6.45, 7) is 20.3. The molecule has 4 aromatic carbocycles. The average molecular weight is 765 g/mol. The lowest BCUT2D eigenvalue weighted by molar-refractivity contribution is -0.0624. The largest absolute Gasteiger partial charge is 0.491 e. The number of aliphatic hydroxyl groups is 1. The molecule has 1 N–H and O–H groups in total. The average Bonchev–Trinajstić information content (AvgIpc) is 4.18. The van der Waals surface area contributed by atoms with Crippen LogP contribution >= 0.6 is 0 Å². The van der Waals surface area contributed by atoms with Crippen molar-refractivity contribution in [2.45, 2.75) is 128 Å². The quantitative estimate of drug-likeness (QED) is 0.0798. The Morgan fingerprint density at radius 2 is 0.929 bits per heavy atom. The summed E-state index contributed by atoms with van der Waals surface area (Å²) in [7, 11) is 0. The molecule has 0 bridgehead atoms. The Labute approximate surface area is 335 Å². The maximum Gasteiger partial charge on any atom is 0.122 e. The van der Waals surface area contributed by atoms with E-state index in [9.17, 15) is 5.11 Å². The summed E-state index contributed by atoms with van der Waals surface area (Å²) in [6, 6.07) is 33.7. The standard InChI is InChI=1S/C49H64O7/c1-9-48(10-2,29-44-32-53-44)56-43-27-21-38(22-28-43)47(7,8)37-19-25-42(26-20-37)52-31-40(50)30-51-41-23-17-36(18-24-41)46(5,6)35-13-15-39(16-14-35)49(11-3,12-4)55-34-45-33-54-45/h13-28,40,44-45,50H,9-12,29-34H2,1-8H3. The molecule has 0 radical (unpaired) electrons. The second-order valence-corrected chi connectivity index (χ2v) is 16.8. The van der Waals surface area contributed by atoms with E-state index in [1.54, 1.807) is 0 Å². The zero-order valence-corrected chi connectivity index (χ0v) is 34.9. The minimum atomic E-state index is -0.781. The fourth-order valence-corrected chi connectivity index (χ4v) is 7.77. The highest BCUT2D eigenvalue weighted by molar-refractivity contribution is 5.43. The minimum absolute atomic E-state index is 0.131. The maximum absolute atomic E-state index is 10.7. The Morgan fingerprint density at radius 1 is 0.554 bits per heavy atom. The number of hydrogen-bond donors (Lipinski definition) is 1. The molecule has 2 heterocycles.